The lowest BCUT2D eigenvalue weighted by molar-refractivity contribution is -0.143. The number of ether oxygens (including phenoxy) is 1. The lowest BCUT2D eigenvalue weighted by atomic mass is 9.92. The third kappa shape index (κ3) is 5.82. The number of amides is 2. The van der Waals surface area contributed by atoms with E-state index in [-0.39, 0.29) is 19.1 Å². The Kier molecular flexibility index (Phi) is 8.02. The summed E-state index contributed by atoms with van der Waals surface area (Å²) in [5.74, 6) is -1.25. The van der Waals surface area contributed by atoms with Gasteiger partial charge in [0.05, 0.1) is 6.42 Å². The summed E-state index contributed by atoms with van der Waals surface area (Å²) in [6.07, 6.45) is 1.95. The van der Waals surface area contributed by atoms with Crippen LogP contribution in [-0.2, 0) is 14.3 Å². The third-order valence-corrected chi connectivity index (χ3v) is 7.01. The van der Waals surface area contributed by atoms with Gasteiger partial charge in [0.15, 0.2) is 0 Å². The van der Waals surface area contributed by atoms with Crippen molar-refractivity contribution in [1.29, 1.82) is 0 Å². The number of aliphatic hydroxyl groups is 1. The molecule has 2 aromatic carbocycles. The molecule has 1 unspecified atom stereocenters. The number of benzene rings is 2. The first-order chi connectivity index (χ1) is 17.0. The van der Waals surface area contributed by atoms with Crippen molar-refractivity contribution in [1.82, 2.24) is 10.2 Å². The monoisotopic (exact) mass is 480 g/mol. The minimum Gasteiger partial charge on any atom is -0.481 e. The summed E-state index contributed by atoms with van der Waals surface area (Å²) in [4.78, 5) is 38.7. The van der Waals surface area contributed by atoms with Crippen LogP contribution in [0.3, 0.4) is 0 Å². The number of nitrogens with zero attached hydrogens (tertiary/aromatic N) is 1. The number of hydrogen-bond donors (Lipinski definition) is 3. The van der Waals surface area contributed by atoms with E-state index in [1.807, 2.05) is 48.5 Å². The second kappa shape index (κ2) is 11.4. The summed E-state index contributed by atoms with van der Waals surface area (Å²) in [5.41, 5.74) is 4.37. The van der Waals surface area contributed by atoms with Crippen LogP contribution in [0.4, 0.5) is 4.79 Å². The Balaban J connectivity index is 1.36. The maximum atomic E-state index is 13.0. The number of carbonyl (C=O) groups excluding carboxylic acids is 2. The van der Waals surface area contributed by atoms with Crippen LogP contribution in [0, 0.1) is 5.92 Å². The van der Waals surface area contributed by atoms with Gasteiger partial charge in [0, 0.05) is 25.6 Å². The second-order valence-electron chi connectivity index (χ2n) is 9.25. The van der Waals surface area contributed by atoms with E-state index in [1.54, 1.807) is 4.90 Å². The normalized spacial score (nSPS) is 16.3. The van der Waals surface area contributed by atoms with Crippen molar-refractivity contribution in [2.24, 2.45) is 5.92 Å². The molecule has 4 rings (SSSR count). The number of likely N-dealkylation sites (tertiary alicyclic amines) is 1. The average molecular weight is 481 g/mol. The molecule has 2 aromatic rings. The highest BCUT2D eigenvalue weighted by molar-refractivity contribution is 5.89. The van der Waals surface area contributed by atoms with Crippen LogP contribution in [-0.4, -0.2) is 65.4 Å². The summed E-state index contributed by atoms with van der Waals surface area (Å²) in [6, 6.07) is 14.8. The van der Waals surface area contributed by atoms with Crippen LogP contribution in [0.15, 0.2) is 48.5 Å². The number of carbonyl (C=O) groups is 3. The van der Waals surface area contributed by atoms with Crippen molar-refractivity contribution in [3.63, 3.8) is 0 Å². The number of carboxylic acid groups (broad SMARTS) is 1. The van der Waals surface area contributed by atoms with Gasteiger partial charge < -0.3 is 25.2 Å². The average Bonchev–Trinajstić information content (AvgIpc) is 3.19. The fourth-order valence-electron chi connectivity index (χ4n) is 5.20. The zero-order valence-corrected chi connectivity index (χ0v) is 19.7. The van der Waals surface area contributed by atoms with Crippen molar-refractivity contribution >= 4 is 18.0 Å². The number of aliphatic carboxylic acids is 1. The molecule has 1 atom stereocenters. The number of alkyl carbamates (subject to hydrolysis) is 1. The van der Waals surface area contributed by atoms with Gasteiger partial charge in [-0.05, 0) is 53.9 Å². The highest BCUT2D eigenvalue weighted by Gasteiger charge is 2.33. The Morgan fingerprint density at radius 1 is 1.00 bits per heavy atom. The van der Waals surface area contributed by atoms with E-state index >= 15 is 0 Å². The Morgan fingerprint density at radius 2 is 1.60 bits per heavy atom. The smallest absolute Gasteiger partial charge is 0.407 e. The zero-order chi connectivity index (χ0) is 24.8. The Hall–Kier alpha value is -3.39. The molecule has 0 bridgehead atoms. The summed E-state index contributed by atoms with van der Waals surface area (Å²) in [7, 11) is 0. The molecule has 2 amide bonds. The van der Waals surface area contributed by atoms with Gasteiger partial charge in [0.25, 0.3) is 0 Å². The molecule has 0 spiro atoms. The highest BCUT2D eigenvalue weighted by atomic mass is 16.5. The van der Waals surface area contributed by atoms with Crippen LogP contribution in [0.25, 0.3) is 11.1 Å². The van der Waals surface area contributed by atoms with Gasteiger partial charge in [0.2, 0.25) is 5.91 Å². The maximum absolute atomic E-state index is 13.0. The van der Waals surface area contributed by atoms with Gasteiger partial charge >= 0.3 is 12.1 Å². The molecule has 186 valence electrons. The van der Waals surface area contributed by atoms with Crippen molar-refractivity contribution in [2.75, 3.05) is 26.3 Å². The van der Waals surface area contributed by atoms with Gasteiger partial charge in [-0.3, -0.25) is 9.59 Å². The molecule has 8 nitrogen and oxygen atoms in total. The maximum Gasteiger partial charge on any atom is 0.407 e. The molecule has 1 aliphatic carbocycles. The van der Waals surface area contributed by atoms with Gasteiger partial charge in [0.1, 0.15) is 12.6 Å². The number of aliphatic hydroxyl groups excluding tert-OH is 1. The third-order valence-electron chi connectivity index (χ3n) is 7.01. The topological polar surface area (TPSA) is 116 Å². The van der Waals surface area contributed by atoms with Crippen LogP contribution in [0.2, 0.25) is 0 Å². The van der Waals surface area contributed by atoms with Gasteiger partial charge in [-0.2, -0.15) is 0 Å². The minimum atomic E-state index is -1.18. The molecule has 1 aliphatic heterocycles. The van der Waals surface area contributed by atoms with Crippen LogP contribution < -0.4 is 5.32 Å². The fraction of sp³-hybridized carbons (Fsp3) is 0.444. The Bertz CT molecular complexity index is 1020. The predicted molar refractivity (Wildman–Crippen MR) is 130 cm³/mol. The van der Waals surface area contributed by atoms with Crippen LogP contribution in [0.5, 0.6) is 0 Å². The number of piperidine rings is 1. The van der Waals surface area contributed by atoms with Crippen molar-refractivity contribution in [2.45, 2.75) is 44.1 Å². The van der Waals surface area contributed by atoms with E-state index in [1.165, 1.54) is 0 Å². The first kappa shape index (κ1) is 24.7. The van der Waals surface area contributed by atoms with Crippen molar-refractivity contribution in [3.05, 3.63) is 59.7 Å². The molecule has 0 radical (unpaired) electrons. The first-order valence-corrected chi connectivity index (χ1v) is 12.2. The molecule has 35 heavy (non-hydrogen) atoms. The molecule has 0 aromatic heterocycles. The molecule has 0 saturated carbocycles. The Morgan fingerprint density at radius 3 is 2.17 bits per heavy atom. The van der Waals surface area contributed by atoms with E-state index < -0.39 is 30.4 Å². The number of hydrogen-bond acceptors (Lipinski definition) is 5. The summed E-state index contributed by atoms with van der Waals surface area (Å²) < 4.78 is 5.51. The lowest BCUT2D eigenvalue weighted by Crippen LogP contribution is -2.51. The largest absolute Gasteiger partial charge is 0.481 e. The van der Waals surface area contributed by atoms with E-state index in [0.717, 1.165) is 47.9 Å². The van der Waals surface area contributed by atoms with Crippen LogP contribution >= 0.6 is 0 Å². The molecule has 1 heterocycles. The number of carboxylic acids is 1. The van der Waals surface area contributed by atoms with Crippen molar-refractivity contribution in [3.8, 4) is 11.1 Å². The number of rotatable bonds is 9. The molecule has 8 heteroatoms. The summed E-state index contributed by atoms with van der Waals surface area (Å²) in [5, 5.41) is 20.8. The molecule has 1 fully saturated rings. The van der Waals surface area contributed by atoms with Gasteiger partial charge in [-0.15, -0.1) is 0 Å². The standard InChI is InChI=1S/C27H32N2O6/c30-15-5-6-18-11-13-29(14-12-18)26(33)24(16-25(31)32)28-27(34)35-17-23-21-9-3-1-7-19(21)20-8-2-4-10-22(20)23/h1-4,7-10,18,23-24,30H,5-6,11-17H2,(H,28,34)(H,31,32). The predicted octanol–water partition coefficient (Wildman–Crippen LogP) is 3.38. The number of nitrogens with one attached hydrogen (secondary N) is 1. The molecule has 1 saturated heterocycles. The molecule has 3 N–H and O–H groups in total. The second-order valence-corrected chi connectivity index (χ2v) is 9.25. The van der Waals surface area contributed by atoms with E-state index in [0.29, 0.717) is 19.0 Å². The summed E-state index contributed by atoms with van der Waals surface area (Å²) >= 11 is 0. The first-order valence-electron chi connectivity index (χ1n) is 12.2. The molecular formula is C27H32N2O6. The highest BCUT2D eigenvalue weighted by Crippen LogP contribution is 2.44. The van der Waals surface area contributed by atoms with E-state index in [4.69, 9.17) is 9.84 Å². The summed E-state index contributed by atoms with van der Waals surface area (Å²) in [6.45, 7) is 1.27. The van der Waals surface area contributed by atoms with E-state index in [9.17, 15) is 19.5 Å². The molecule has 2 aliphatic rings. The van der Waals surface area contributed by atoms with E-state index in [2.05, 4.69) is 5.32 Å². The zero-order valence-electron chi connectivity index (χ0n) is 19.7. The quantitative estimate of drug-likeness (QED) is 0.507. The SMILES string of the molecule is O=C(O)CC(NC(=O)OCC1c2ccccc2-c2ccccc21)C(=O)N1CCC(CCCO)CC1. The van der Waals surface area contributed by atoms with Gasteiger partial charge in [-0.25, -0.2) is 4.79 Å². The number of fused-ring (bicyclic) bond motifs is 3. The lowest BCUT2D eigenvalue weighted by Gasteiger charge is -2.34. The van der Waals surface area contributed by atoms with Crippen LogP contribution in [0.1, 0.15) is 49.1 Å². The fourth-order valence-corrected chi connectivity index (χ4v) is 5.20. The Labute approximate surface area is 204 Å². The molecular weight excluding hydrogens is 448 g/mol. The van der Waals surface area contributed by atoms with Crippen molar-refractivity contribution < 1.29 is 29.3 Å². The minimum absolute atomic E-state index is 0.0874. The van der Waals surface area contributed by atoms with Gasteiger partial charge in [-0.1, -0.05) is 48.5 Å².